The van der Waals surface area contributed by atoms with Gasteiger partial charge in [-0.15, -0.1) is 0 Å². The molecule has 0 unspecified atom stereocenters. The van der Waals surface area contributed by atoms with Gasteiger partial charge >= 0.3 is 6.18 Å². The lowest BCUT2D eigenvalue weighted by Crippen LogP contribution is -2.09. The third-order valence-electron chi connectivity index (χ3n) is 1.77. The molecule has 0 radical (unpaired) electrons. The quantitative estimate of drug-likeness (QED) is 0.659. The van der Waals surface area contributed by atoms with E-state index in [1.807, 2.05) is 0 Å². The van der Waals surface area contributed by atoms with Gasteiger partial charge in [0.1, 0.15) is 10.8 Å². The minimum absolute atomic E-state index is 0.00315. The Kier molecular flexibility index (Phi) is 3.04. The number of aromatic nitrogens is 1. The predicted molar refractivity (Wildman–Crippen MR) is 48.3 cm³/mol. The summed E-state index contributed by atoms with van der Waals surface area (Å²) in [7, 11) is 0. The van der Waals surface area contributed by atoms with E-state index in [0.717, 1.165) is 6.07 Å². The van der Waals surface area contributed by atoms with Crippen LogP contribution < -0.4 is 0 Å². The summed E-state index contributed by atoms with van der Waals surface area (Å²) in [5.41, 5.74) is -0.397. The number of rotatable bonds is 1. The molecule has 1 rings (SSSR count). The van der Waals surface area contributed by atoms with Crippen LogP contribution in [0.25, 0.3) is 0 Å². The normalized spacial score (nSPS) is 12.2. The monoisotopic (exact) mass is 223 g/mol. The highest BCUT2D eigenvalue weighted by molar-refractivity contribution is 6.29. The largest absolute Gasteiger partial charge is 0.433 e. The van der Waals surface area contributed by atoms with Crippen LogP contribution in [0, 0.1) is 0 Å². The minimum atomic E-state index is -4.44. The van der Waals surface area contributed by atoms with E-state index >= 15 is 0 Å². The van der Waals surface area contributed by atoms with E-state index in [9.17, 15) is 13.2 Å². The summed E-state index contributed by atoms with van der Waals surface area (Å²) in [5, 5.41) is -0.122. The Hall–Kier alpha value is -0.770. The van der Waals surface area contributed by atoms with Crippen LogP contribution in [-0.4, -0.2) is 4.98 Å². The molecule has 0 bridgehead atoms. The van der Waals surface area contributed by atoms with Crippen molar-refractivity contribution in [2.45, 2.75) is 25.9 Å². The Bertz CT molecular complexity index is 333. The third kappa shape index (κ3) is 2.61. The first-order valence-corrected chi connectivity index (χ1v) is 4.43. The zero-order valence-electron chi connectivity index (χ0n) is 7.69. The molecular formula is C9H9ClF3N. The maximum absolute atomic E-state index is 12.3. The molecule has 0 saturated heterocycles. The molecule has 78 valence electrons. The number of nitrogens with zero attached hydrogens (tertiary/aromatic N) is 1. The minimum Gasteiger partial charge on any atom is -0.232 e. The highest BCUT2D eigenvalue weighted by Gasteiger charge is 2.33. The number of halogens is 4. The van der Waals surface area contributed by atoms with Gasteiger partial charge in [-0.05, 0) is 23.6 Å². The van der Waals surface area contributed by atoms with Gasteiger partial charge in [0.05, 0.1) is 0 Å². The first kappa shape index (κ1) is 11.3. The van der Waals surface area contributed by atoms with Crippen molar-refractivity contribution in [3.8, 4) is 0 Å². The van der Waals surface area contributed by atoms with Gasteiger partial charge in [0, 0.05) is 0 Å². The Balaban J connectivity index is 3.21. The molecule has 14 heavy (non-hydrogen) atoms. The topological polar surface area (TPSA) is 12.9 Å². The van der Waals surface area contributed by atoms with E-state index in [0.29, 0.717) is 5.56 Å². The first-order valence-electron chi connectivity index (χ1n) is 4.05. The Morgan fingerprint density at radius 3 is 2.29 bits per heavy atom. The second-order valence-corrected chi connectivity index (χ2v) is 3.65. The maximum Gasteiger partial charge on any atom is 0.433 e. The second-order valence-electron chi connectivity index (χ2n) is 3.26. The van der Waals surface area contributed by atoms with Crippen molar-refractivity contribution in [1.82, 2.24) is 4.98 Å². The third-order valence-corrected chi connectivity index (χ3v) is 1.97. The lowest BCUT2D eigenvalue weighted by atomic mass is 10.0. The zero-order valence-corrected chi connectivity index (χ0v) is 8.45. The number of alkyl halides is 3. The molecule has 1 aromatic heterocycles. The van der Waals surface area contributed by atoms with Gasteiger partial charge in [-0.25, -0.2) is 4.98 Å². The van der Waals surface area contributed by atoms with Crippen LogP contribution >= 0.6 is 11.6 Å². The number of hydrogen-bond donors (Lipinski definition) is 0. The van der Waals surface area contributed by atoms with Crippen molar-refractivity contribution in [1.29, 1.82) is 0 Å². The molecule has 1 nitrogen and oxygen atoms in total. The molecule has 0 fully saturated rings. The summed E-state index contributed by atoms with van der Waals surface area (Å²) in [4.78, 5) is 3.23. The van der Waals surface area contributed by atoms with Crippen LogP contribution in [0.15, 0.2) is 12.1 Å². The number of pyridine rings is 1. The molecule has 0 spiro atoms. The van der Waals surface area contributed by atoms with Crippen LogP contribution in [0.1, 0.15) is 31.0 Å². The average molecular weight is 224 g/mol. The molecule has 0 aliphatic carbocycles. The average Bonchev–Trinajstić information content (AvgIpc) is 2.01. The van der Waals surface area contributed by atoms with Crippen LogP contribution in [0.4, 0.5) is 13.2 Å². The van der Waals surface area contributed by atoms with Crippen molar-refractivity contribution in [3.63, 3.8) is 0 Å². The van der Waals surface area contributed by atoms with Crippen molar-refractivity contribution in [2.24, 2.45) is 0 Å². The fraction of sp³-hybridized carbons (Fsp3) is 0.444. The first-order chi connectivity index (χ1) is 6.30. The van der Waals surface area contributed by atoms with Gasteiger partial charge in [0.25, 0.3) is 0 Å². The van der Waals surface area contributed by atoms with Crippen LogP contribution in [-0.2, 0) is 6.18 Å². The molecule has 0 aliphatic rings. The van der Waals surface area contributed by atoms with Crippen LogP contribution in [0.3, 0.4) is 0 Å². The van der Waals surface area contributed by atoms with E-state index in [1.54, 1.807) is 13.8 Å². The predicted octanol–water partition coefficient (Wildman–Crippen LogP) is 3.88. The molecule has 0 amide bonds. The summed E-state index contributed by atoms with van der Waals surface area (Å²) in [6, 6.07) is 2.47. The number of hydrogen-bond acceptors (Lipinski definition) is 1. The van der Waals surface area contributed by atoms with Gasteiger partial charge in [-0.2, -0.15) is 13.2 Å². The van der Waals surface area contributed by atoms with E-state index in [-0.39, 0.29) is 11.1 Å². The fourth-order valence-corrected chi connectivity index (χ4v) is 1.21. The van der Waals surface area contributed by atoms with Gasteiger partial charge in [0.15, 0.2) is 0 Å². The molecule has 0 atom stereocenters. The summed E-state index contributed by atoms with van der Waals surface area (Å²) in [5.74, 6) is -0.00315. The SMILES string of the molecule is CC(C)c1cc(Cl)nc(C(F)(F)F)c1. The van der Waals surface area contributed by atoms with Crippen LogP contribution in [0.5, 0.6) is 0 Å². The van der Waals surface area contributed by atoms with E-state index in [4.69, 9.17) is 11.6 Å². The maximum atomic E-state index is 12.3. The summed E-state index contributed by atoms with van der Waals surface area (Å²) >= 11 is 5.49. The van der Waals surface area contributed by atoms with Crippen molar-refractivity contribution < 1.29 is 13.2 Å². The molecule has 1 aromatic rings. The van der Waals surface area contributed by atoms with Gasteiger partial charge in [-0.3, -0.25) is 0 Å². The van der Waals surface area contributed by atoms with Gasteiger partial charge < -0.3 is 0 Å². The Labute approximate surface area is 84.9 Å². The van der Waals surface area contributed by atoms with Crippen molar-refractivity contribution in [3.05, 3.63) is 28.5 Å². The Morgan fingerprint density at radius 1 is 1.29 bits per heavy atom. The standard InChI is InChI=1S/C9H9ClF3N/c1-5(2)6-3-7(9(11,12)13)14-8(10)4-6/h3-5H,1-2H3. The highest BCUT2D eigenvalue weighted by atomic mass is 35.5. The second kappa shape index (κ2) is 3.77. The van der Waals surface area contributed by atoms with Gasteiger partial charge in [-0.1, -0.05) is 25.4 Å². The molecule has 0 saturated carbocycles. The lowest BCUT2D eigenvalue weighted by Gasteiger charge is -2.10. The van der Waals surface area contributed by atoms with Crippen LogP contribution in [0.2, 0.25) is 5.15 Å². The molecule has 0 N–H and O–H groups in total. The molecule has 0 aromatic carbocycles. The molecule has 1 heterocycles. The lowest BCUT2D eigenvalue weighted by molar-refractivity contribution is -0.141. The zero-order chi connectivity index (χ0) is 10.9. The summed E-state index contributed by atoms with van der Waals surface area (Å²) in [6.45, 7) is 3.59. The van der Waals surface area contributed by atoms with E-state index < -0.39 is 11.9 Å². The highest BCUT2D eigenvalue weighted by Crippen LogP contribution is 2.31. The van der Waals surface area contributed by atoms with E-state index in [1.165, 1.54) is 6.07 Å². The summed E-state index contributed by atoms with van der Waals surface area (Å²) in [6.07, 6.45) is -4.44. The Morgan fingerprint density at radius 2 is 1.86 bits per heavy atom. The molecular weight excluding hydrogens is 215 g/mol. The van der Waals surface area contributed by atoms with E-state index in [2.05, 4.69) is 4.98 Å². The summed E-state index contributed by atoms with van der Waals surface area (Å²) < 4.78 is 36.9. The van der Waals surface area contributed by atoms with Crippen molar-refractivity contribution in [2.75, 3.05) is 0 Å². The molecule has 5 heteroatoms. The van der Waals surface area contributed by atoms with Crippen molar-refractivity contribution >= 4 is 11.6 Å². The van der Waals surface area contributed by atoms with Gasteiger partial charge in [0.2, 0.25) is 0 Å². The molecule has 0 aliphatic heterocycles. The smallest absolute Gasteiger partial charge is 0.232 e. The fourth-order valence-electron chi connectivity index (χ4n) is 0.995.